The molecule has 0 aromatic heterocycles. The first-order valence-electron chi connectivity index (χ1n) is 7.19. The van der Waals surface area contributed by atoms with E-state index < -0.39 is 0 Å². The number of hydrogen-bond donors (Lipinski definition) is 2. The largest absolute Gasteiger partial charge is 0.385 e. The maximum absolute atomic E-state index is 11.0. The van der Waals surface area contributed by atoms with Crippen LogP contribution in [0.5, 0.6) is 0 Å². The first-order valence-corrected chi connectivity index (χ1v) is 7.19. The highest BCUT2D eigenvalue weighted by Gasteiger charge is 2.30. The van der Waals surface area contributed by atoms with Crippen LogP contribution in [-0.2, 0) is 0 Å². The fraction of sp³-hybridized carbons (Fsp3) is 0.600. The van der Waals surface area contributed by atoms with Crippen molar-refractivity contribution in [1.82, 2.24) is 0 Å². The summed E-state index contributed by atoms with van der Waals surface area (Å²) in [6.07, 6.45) is 3.41. The van der Waals surface area contributed by atoms with E-state index in [2.05, 4.69) is 24.5 Å². The molecule has 0 aliphatic heterocycles. The van der Waals surface area contributed by atoms with E-state index in [0.717, 1.165) is 30.8 Å². The molecule has 5 nitrogen and oxygen atoms in total. The summed E-state index contributed by atoms with van der Waals surface area (Å²) in [6, 6.07) is 5.54. The third kappa shape index (κ3) is 3.62. The lowest BCUT2D eigenvalue weighted by molar-refractivity contribution is -0.384. The first-order chi connectivity index (χ1) is 9.39. The molecule has 1 aromatic rings. The highest BCUT2D eigenvalue weighted by atomic mass is 16.6. The van der Waals surface area contributed by atoms with Crippen molar-refractivity contribution >= 4 is 17.1 Å². The minimum atomic E-state index is -0.343. The maximum Gasteiger partial charge on any atom is 0.273 e. The summed E-state index contributed by atoms with van der Waals surface area (Å²) < 4.78 is 0. The van der Waals surface area contributed by atoms with E-state index in [-0.39, 0.29) is 10.6 Å². The molecule has 0 bridgehead atoms. The molecule has 1 aliphatic carbocycles. The van der Waals surface area contributed by atoms with Gasteiger partial charge in [0, 0.05) is 36.1 Å². The Balaban J connectivity index is 2.16. The highest BCUT2D eigenvalue weighted by molar-refractivity contribution is 5.63. The molecule has 1 saturated carbocycles. The number of non-ortho nitro benzene ring substituents is 1. The van der Waals surface area contributed by atoms with E-state index >= 15 is 0 Å². The molecule has 0 radical (unpaired) electrons. The van der Waals surface area contributed by atoms with Gasteiger partial charge in [-0.3, -0.25) is 10.1 Å². The van der Waals surface area contributed by atoms with Crippen molar-refractivity contribution < 1.29 is 4.92 Å². The number of anilines is 2. The molecule has 1 aliphatic rings. The van der Waals surface area contributed by atoms with Crippen LogP contribution in [0.4, 0.5) is 17.1 Å². The van der Waals surface area contributed by atoms with Gasteiger partial charge in [-0.15, -0.1) is 0 Å². The van der Waals surface area contributed by atoms with Crippen LogP contribution < -0.4 is 10.6 Å². The zero-order chi connectivity index (χ0) is 14.8. The van der Waals surface area contributed by atoms with Gasteiger partial charge in [0.1, 0.15) is 0 Å². The van der Waals surface area contributed by atoms with Gasteiger partial charge in [0.05, 0.1) is 4.92 Å². The molecular weight excluding hydrogens is 254 g/mol. The van der Waals surface area contributed by atoms with Crippen LogP contribution in [0.15, 0.2) is 18.2 Å². The van der Waals surface area contributed by atoms with Crippen molar-refractivity contribution in [2.24, 2.45) is 5.41 Å². The summed E-state index contributed by atoms with van der Waals surface area (Å²) in [7, 11) is 0. The monoisotopic (exact) mass is 277 g/mol. The fourth-order valence-electron chi connectivity index (χ4n) is 2.90. The van der Waals surface area contributed by atoms with Gasteiger partial charge in [0.25, 0.3) is 5.69 Å². The molecule has 0 saturated heterocycles. The van der Waals surface area contributed by atoms with Gasteiger partial charge in [-0.05, 0) is 37.7 Å². The lowest BCUT2D eigenvalue weighted by Gasteiger charge is -2.19. The van der Waals surface area contributed by atoms with E-state index in [1.54, 1.807) is 12.1 Å². The Bertz CT molecular complexity index is 500. The van der Waals surface area contributed by atoms with Crippen LogP contribution in [0.2, 0.25) is 0 Å². The molecule has 0 spiro atoms. The standard InChI is InChI=1S/C15H23N3O2/c1-4-16-12-7-13(9-14(8-12)18(19)20)17-11-5-6-15(2,3)10-11/h7-9,11,16-17H,4-6,10H2,1-3H3. The Labute approximate surface area is 119 Å². The van der Waals surface area contributed by atoms with Crippen molar-refractivity contribution in [3.63, 3.8) is 0 Å². The average molecular weight is 277 g/mol. The summed E-state index contributed by atoms with van der Waals surface area (Å²) in [5, 5.41) is 17.6. The van der Waals surface area contributed by atoms with Gasteiger partial charge in [-0.25, -0.2) is 0 Å². The van der Waals surface area contributed by atoms with Crippen LogP contribution in [0.25, 0.3) is 0 Å². The number of rotatable bonds is 5. The lowest BCUT2D eigenvalue weighted by atomic mass is 9.92. The van der Waals surface area contributed by atoms with Gasteiger partial charge < -0.3 is 10.6 Å². The Kier molecular flexibility index (Phi) is 4.16. The van der Waals surface area contributed by atoms with Crippen molar-refractivity contribution in [1.29, 1.82) is 0 Å². The number of nitrogens with one attached hydrogen (secondary N) is 2. The summed E-state index contributed by atoms with van der Waals surface area (Å²) in [5.74, 6) is 0. The normalized spacial score (nSPS) is 20.6. The van der Waals surface area contributed by atoms with Gasteiger partial charge in [-0.2, -0.15) is 0 Å². The van der Waals surface area contributed by atoms with E-state index in [9.17, 15) is 10.1 Å². The number of nitro groups is 1. The Morgan fingerprint density at radius 3 is 2.60 bits per heavy atom. The molecule has 2 N–H and O–H groups in total. The molecule has 5 heteroatoms. The van der Waals surface area contributed by atoms with E-state index in [0.29, 0.717) is 11.5 Å². The Morgan fingerprint density at radius 1 is 1.35 bits per heavy atom. The number of nitrogens with zero attached hydrogens (tertiary/aromatic N) is 1. The molecule has 1 unspecified atom stereocenters. The summed E-state index contributed by atoms with van der Waals surface area (Å²) in [6.45, 7) is 7.26. The van der Waals surface area contributed by atoms with Crippen molar-refractivity contribution in [3.05, 3.63) is 28.3 Å². The van der Waals surface area contributed by atoms with E-state index in [1.165, 1.54) is 6.42 Å². The molecule has 1 aromatic carbocycles. The van der Waals surface area contributed by atoms with Crippen LogP contribution in [0.3, 0.4) is 0 Å². The Hall–Kier alpha value is -1.78. The summed E-state index contributed by atoms with van der Waals surface area (Å²) >= 11 is 0. The molecule has 20 heavy (non-hydrogen) atoms. The van der Waals surface area contributed by atoms with Gasteiger partial charge >= 0.3 is 0 Å². The predicted octanol–water partition coefficient (Wildman–Crippen LogP) is 4.02. The second kappa shape index (κ2) is 5.69. The fourth-order valence-corrected chi connectivity index (χ4v) is 2.90. The summed E-state index contributed by atoms with van der Waals surface area (Å²) in [4.78, 5) is 10.7. The van der Waals surface area contributed by atoms with Crippen molar-refractivity contribution in [2.45, 2.75) is 46.1 Å². The molecular formula is C15H23N3O2. The topological polar surface area (TPSA) is 67.2 Å². The molecule has 0 heterocycles. The van der Waals surface area contributed by atoms with Gasteiger partial charge in [0.15, 0.2) is 0 Å². The van der Waals surface area contributed by atoms with Gasteiger partial charge in [0.2, 0.25) is 0 Å². The average Bonchev–Trinajstić information content (AvgIpc) is 2.68. The minimum absolute atomic E-state index is 0.128. The Morgan fingerprint density at radius 2 is 2.05 bits per heavy atom. The van der Waals surface area contributed by atoms with Crippen LogP contribution >= 0.6 is 0 Å². The third-order valence-corrected chi connectivity index (χ3v) is 3.85. The zero-order valence-electron chi connectivity index (χ0n) is 12.4. The first kappa shape index (κ1) is 14.6. The second-order valence-electron chi connectivity index (χ2n) is 6.30. The van der Waals surface area contributed by atoms with E-state index in [1.807, 2.05) is 13.0 Å². The SMILES string of the molecule is CCNc1cc(NC2CCC(C)(C)C2)cc([N+](=O)[O-])c1. The summed E-state index contributed by atoms with van der Waals surface area (Å²) in [5.41, 5.74) is 2.12. The third-order valence-electron chi connectivity index (χ3n) is 3.85. The lowest BCUT2D eigenvalue weighted by Crippen LogP contribution is -2.17. The predicted molar refractivity (Wildman–Crippen MR) is 82.3 cm³/mol. The smallest absolute Gasteiger partial charge is 0.273 e. The van der Waals surface area contributed by atoms with Crippen LogP contribution in [0, 0.1) is 15.5 Å². The number of nitro benzene ring substituents is 1. The van der Waals surface area contributed by atoms with Crippen LogP contribution in [-0.4, -0.2) is 17.5 Å². The van der Waals surface area contributed by atoms with Crippen molar-refractivity contribution in [3.8, 4) is 0 Å². The molecule has 2 rings (SSSR count). The molecule has 0 amide bonds. The molecule has 110 valence electrons. The number of hydrogen-bond acceptors (Lipinski definition) is 4. The van der Waals surface area contributed by atoms with Crippen LogP contribution in [0.1, 0.15) is 40.0 Å². The maximum atomic E-state index is 11.0. The second-order valence-corrected chi connectivity index (χ2v) is 6.30. The minimum Gasteiger partial charge on any atom is -0.385 e. The quantitative estimate of drug-likeness (QED) is 0.630. The molecule has 1 fully saturated rings. The highest BCUT2D eigenvalue weighted by Crippen LogP contribution is 2.38. The molecule has 1 atom stereocenters. The van der Waals surface area contributed by atoms with E-state index in [4.69, 9.17) is 0 Å². The zero-order valence-corrected chi connectivity index (χ0v) is 12.4. The van der Waals surface area contributed by atoms with Crippen molar-refractivity contribution in [2.75, 3.05) is 17.2 Å². The van der Waals surface area contributed by atoms with Gasteiger partial charge in [-0.1, -0.05) is 13.8 Å². The number of benzene rings is 1.